The number of benzene rings is 2. The van der Waals surface area contributed by atoms with Gasteiger partial charge in [0, 0.05) is 37.0 Å². The first-order valence-electron chi connectivity index (χ1n) is 10.4. The summed E-state index contributed by atoms with van der Waals surface area (Å²) in [5.41, 5.74) is 8.93. The number of phenols is 1. The van der Waals surface area contributed by atoms with Crippen LogP contribution in [0.25, 0.3) is 32.0 Å². The quantitative estimate of drug-likeness (QED) is 0.452. The third kappa shape index (κ3) is 3.88. The van der Waals surface area contributed by atoms with Crippen LogP contribution < -0.4 is 10.6 Å². The number of halogens is 2. The molecular weight excluding hydrogens is 444 g/mol. The molecule has 1 aliphatic rings. The fourth-order valence-electron chi connectivity index (χ4n) is 4.15. The van der Waals surface area contributed by atoms with Crippen LogP contribution in [0.4, 0.5) is 14.5 Å². The lowest BCUT2D eigenvalue weighted by Crippen LogP contribution is -2.40. The number of nitrogens with zero attached hydrogens (tertiary/aromatic N) is 4. The number of nitriles is 1. The zero-order valence-corrected chi connectivity index (χ0v) is 18.2. The molecule has 166 valence electrons. The molecule has 3 heterocycles. The van der Waals surface area contributed by atoms with Gasteiger partial charge in [-0.05, 0) is 42.7 Å². The van der Waals surface area contributed by atoms with Gasteiger partial charge in [0.15, 0.2) is 0 Å². The highest BCUT2D eigenvalue weighted by Gasteiger charge is 2.25. The number of piperidine rings is 1. The highest BCUT2D eigenvalue weighted by molar-refractivity contribution is 7.21. The zero-order valence-electron chi connectivity index (χ0n) is 17.4. The number of nitrogens with two attached hydrogens (primary N) is 1. The van der Waals surface area contributed by atoms with Crippen molar-refractivity contribution in [3.05, 3.63) is 59.8 Å². The lowest BCUT2D eigenvalue weighted by Gasteiger charge is -2.33. The maximum Gasteiger partial charge on any atom is 0.145 e. The first-order valence-corrected chi connectivity index (χ1v) is 11.2. The Morgan fingerprint density at radius 3 is 2.55 bits per heavy atom. The summed E-state index contributed by atoms with van der Waals surface area (Å²) < 4.78 is 28.1. The Hall–Kier alpha value is -3.61. The van der Waals surface area contributed by atoms with Crippen LogP contribution in [0.2, 0.25) is 0 Å². The predicted molar refractivity (Wildman–Crippen MR) is 124 cm³/mol. The molecule has 5 rings (SSSR count). The second kappa shape index (κ2) is 8.39. The highest BCUT2D eigenvalue weighted by Crippen LogP contribution is 2.43. The minimum Gasteiger partial charge on any atom is -0.506 e. The van der Waals surface area contributed by atoms with Crippen molar-refractivity contribution in [2.45, 2.75) is 18.9 Å². The largest absolute Gasteiger partial charge is 0.506 e. The van der Waals surface area contributed by atoms with Crippen LogP contribution in [0, 0.1) is 23.0 Å². The van der Waals surface area contributed by atoms with Crippen LogP contribution in [-0.4, -0.2) is 34.2 Å². The number of aromatic nitrogens is 2. The van der Waals surface area contributed by atoms with Crippen molar-refractivity contribution >= 4 is 27.4 Å². The first kappa shape index (κ1) is 21.2. The van der Waals surface area contributed by atoms with E-state index in [0.717, 1.165) is 24.6 Å². The number of fused-ring (bicyclic) bond motifs is 1. The van der Waals surface area contributed by atoms with Crippen molar-refractivity contribution in [2.75, 3.05) is 18.0 Å². The second-order valence-electron chi connectivity index (χ2n) is 7.99. The smallest absolute Gasteiger partial charge is 0.145 e. The van der Waals surface area contributed by atoms with Crippen molar-refractivity contribution in [3.8, 4) is 33.5 Å². The molecule has 0 radical (unpaired) electrons. The number of thiazole rings is 1. The molecule has 9 heteroatoms. The van der Waals surface area contributed by atoms with Crippen molar-refractivity contribution < 1.29 is 13.9 Å². The molecule has 33 heavy (non-hydrogen) atoms. The molecule has 0 unspecified atom stereocenters. The van der Waals surface area contributed by atoms with E-state index in [2.05, 4.69) is 9.88 Å². The minimum absolute atomic E-state index is 0.102. The molecule has 0 amide bonds. The van der Waals surface area contributed by atoms with Crippen LogP contribution in [0.5, 0.6) is 5.75 Å². The molecule has 6 nitrogen and oxygen atoms in total. The van der Waals surface area contributed by atoms with E-state index >= 15 is 0 Å². The minimum atomic E-state index is -0.672. The molecule has 0 atom stereocenters. The summed E-state index contributed by atoms with van der Waals surface area (Å²) in [4.78, 5) is 12.0. The molecule has 3 N–H and O–H groups in total. The van der Waals surface area contributed by atoms with E-state index in [-0.39, 0.29) is 17.4 Å². The number of para-hydroxylation sites is 1. The van der Waals surface area contributed by atoms with Gasteiger partial charge in [0.2, 0.25) is 0 Å². The van der Waals surface area contributed by atoms with E-state index in [1.54, 1.807) is 18.3 Å². The molecule has 1 aliphatic heterocycles. The number of hydrogen-bond donors (Lipinski definition) is 2. The topological polar surface area (TPSA) is 99.1 Å². The van der Waals surface area contributed by atoms with Crippen molar-refractivity contribution in [1.82, 2.24) is 9.97 Å². The Labute approximate surface area is 192 Å². The Morgan fingerprint density at radius 2 is 1.85 bits per heavy atom. The summed E-state index contributed by atoms with van der Waals surface area (Å²) in [6, 6.07) is 10.4. The molecule has 0 bridgehead atoms. The van der Waals surface area contributed by atoms with Gasteiger partial charge in [-0.25, -0.2) is 18.7 Å². The molecule has 1 saturated heterocycles. The van der Waals surface area contributed by atoms with Gasteiger partial charge < -0.3 is 15.7 Å². The van der Waals surface area contributed by atoms with Crippen LogP contribution in [0.1, 0.15) is 18.4 Å². The molecule has 4 aromatic rings. The predicted octanol–water partition coefficient (Wildman–Crippen LogP) is 4.81. The average Bonchev–Trinajstić information content (AvgIpc) is 3.22. The second-order valence-corrected chi connectivity index (χ2v) is 8.97. The number of anilines is 1. The van der Waals surface area contributed by atoms with Crippen LogP contribution in [0.15, 0.2) is 42.6 Å². The molecule has 1 fully saturated rings. The number of phenolic OH excluding ortho intramolecular Hbond substituents is 1. The lowest BCUT2D eigenvalue weighted by atomic mass is 10.0. The summed E-state index contributed by atoms with van der Waals surface area (Å²) in [6.45, 7) is 1.35. The Kier molecular flexibility index (Phi) is 5.40. The molecule has 0 spiro atoms. The SMILES string of the molecule is N#Cc1cccc(-c2nc3c(N4CCC(N)CC4)c(-c4cc(F)cc(F)c4)cnc3s2)c1O. The zero-order chi connectivity index (χ0) is 23.1. The number of aromatic hydroxyl groups is 1. The highest BCUT2D eigenvalue weighted by atomic mass is 32.1. The van der Waals surface area contributed by atoms with E-state index in [0.29, 0.717) is 45.1 Å². The Bertz CT molecular complexity index is 1390. The summed E-state index contributed by atoms with van der Waals surface area (Å²) in [5, 5.41) is 20.3. The lowest BCUT2D eigenvalue weighted by molar-refractivity contribution is 0.475. The third-order valence-electron chi connectivity index (χ3n) is 5.82. The number of hydrogen-bond acceptors (Lipinski definition) is 7. The van der Waals surface area contributed by atoms with Crippen LogP contribution in [-0.2, 0) is 0 Å². The van der Waals surface area contributed by atoms with Gasteiger partial charge in [-0.2, -0.15) is 5.26 Å². The van der Waals surface area contributed by atoms with Gasteiger partial charge in [0.25, 0.3) is 0 Å². The van der Waals surface area contributed by atoms with E-state index in [9.17, 15) is 19.1 Å². The summed E-state index contributed by atoms with van der Waals surface area (Å²) >= 11 is 1.28. The first-order chi connectivity index (χ1) is 15.9. The Morgan fingerprint density at radius 1 is 1.12 bits per heavy atom. The van der Waals surface area contributed by atoms with Crippen LogP contribution in [0.3, 0.4) is 0 Å². The molecule has 0 aliphatic carbocycles. The molecular formula is C24H19F2N5OS. The van der Waals surface area contributed by atoms with Gasteiger partial charge in [-0.3, -0.25) is 0 Å². The fraction of sp³-hybridized carbons (Fsp3) is 0.208. The van der Waals surface area contributed by atoms with E-state index in [1.807, 2.05) is 6.07 Å². The Balaban J connectivity index is 1.73. The van der Waals surface area contributed by atoms with Gasteiger partial charge in [0.1, 0.15) is 38.8 Å². The van der Waals surface area contributed by atoms with Crippen molar-refractivity contribution in [2.24, 2.45) is 5.73 Å². The van der Waals surface area contributed by atoms with Crippen molar-refractivity contribution in [3.63, 3.8) is 0 Å². The average molecular weight is 464 g/mol. The van der Waals surface area contributed by atoms with E-state index in [1.165, 1.54) is 29.5 Å². The van der Waals surface area contributed by atoms with Gasteiger partial charge >= 0.3 is 0 Å². The summed E-state index contributed by atoms with van der Waals surface area (Å²) in [7, 11) is 0. The van der Waals surface area contributed by atoms with Gasteiger partial charge in [-0.15, -0.1) is 0 Å². The summed E-state index contributed by atoms with van der Waals surface area (Å²) in [6.07, 6.45) is 3.17. The van der Waals surface area contributed by atoms with E-state index in [4.69, 9.17) is 10.7 Å². The van der Waals surface area contributed by atoms with Gasteiger partial charge in [-0.1, -0.05) is 17.4 Å². The maximum atomic E-state index is 14.0. The normalized spacial score (nSPS) is 14.5. The molecule has 2 aromatic carbocycles. The summed E-state index contributed by atoms with van der Waals surface area (Å²) in [5.74, 6) is -1.49. The third-order valence-corrected chi connectivity index (χ3v) is 6.81. The number of pyridine rings is 1. The number of rotatable bonds is 3. The van der Waals surface area contributed by atoms with Crippen LogP contribution >= 0.6 is 11.3 Å². The van der Waals surface area contributed by atoms with E-state index < -0.39 is 11.6 Å². The maximum absolute atomic E-state index is 14.0. The fourth-order valence-corrected chi connectivity index (χ4v) is 5.09. The standard InChI is InChI=1S/C24H19F2N5OS/c25-15-8-14(9-16(26)10-15)19-12-29-24-20(21(19)31-6-4-17(28)5-7-31)30-23(33-24)18-3-1-2-13(11-27)22(18)32/h1-3,8-10,12,17,32H,4-7,28H2. The molecule has 0 saturated carbocycles. The van der Waals surface area contributed by atoms with Crippen molar-refractivity contribution in [1.29, 1.82) is 5.26 Å². The molecule has 2 aromatic heterocycles. The van der Waals surface area contributed by atoms with Gasteiger partial charge in [0.05, 0.1) is 16.8 Å². The monoisotopic (exact) mass is 463 g/mol.